The zero-order chi connectivity index (χ0) is 17.3. The number of nitrogens with one attached hydrogen (secondary N) is 1. The van der Waals surface area contributed by atoms with Gasteiger partial charge in [0.1, 0.15) is 0 Å². The van der Waals surface area contributed by atoms with E-state index in [0.29, 0.717) is 11.5 Å². The molecule has 0 radical (unpaired) electrons. The maximum Gasteiger partial charge on any atom is 0.168 e. The highest BCUT2D eigenvalue weighted by atomic mass is 16.5. The van der Waals surface area contributed by atoms with Crippen LogP contribution < -0.4 is 14.8 Å². The number of hydrogen-bond donors (Lipinski definition) is 3. The number of rotatable bonds is 5. The first kappa shape index (κ1) is 16.2. The second kappa shape index (κ2) is 6.45. The number of ether oxygens (including phenoxy) is 2. The second-order valence-electron chi connectivity index (χ2n) is 5.67. The summed E-state index contributed by atoms with van der Waals surface area (Å²) in [7, 11) is 4.95. The van der Waals surface area contributed by atoms with Crippen molar-refractivity contribution in [2.45, 2.75) is 6.42 Å². The monoisotopic (exact) mass is 327 g/mol. The number of methoxy groups -OCH3 is 2. The summed E-state index contributed by atoms with van der Waals surface area (Å²) < 4.78 is 10.7. The first-order valence-corrected chi connectivity index (χ1v) is 7.77. The van der Waals surface area contributed by atoms with E-state index >= 15 is 0 Å². The summed E-state index contributed by atoms with van der Waals surface area (Å²) in [6, 6.07) is 9.13. The Bertz CT molecular complexity index is 905. The van der Waals surface area contributed by atoms with E-state index in [1.54, 1.807) is 18.2 Å². The zero-order valence-corrected chi connectivity index (χ0v) is 14.0. The standard InChI is InChI=1S/C19H21NO4/c1-20-7-6-12-9-16(22)19(24-3)18-13(12)5-4-11-8-15(21)17(23-2)10-14(11)18/h4-5,8-10,20-22H,6-7H2,1-3H3. The van der Waals surface area contributed by atoms with Gasteiger partial charge in [-0.3, -0.25) is 0 Å². The van der Waals surface area contributed by atoms with Gasteiger partial charge in [-0.25, -0.2) is 0 Å². The summed E-state index contributed by atoms with van der Waals surface area (Å²) in [5, 5.41) is 27.1. The lowest BCUT2D eigenvalue weighted by Gasteiger charge is -2.16. The fourth-order valence-electron chi connectivity index (χ4n) is 3.13. The van der Waals surface area contributed by atoms with Crippen LogP contribution in [0.15, 0.2) is 30.3 Å². The number of aromatic hydroxyl groups is 2. The van der Waals surface area contributed by atoms with Crippen molar-refractivity contribution in [1.29, 1.82) is 0 Å². The van der Waals surface area contributed by atoms with Gasteiger partial charge in [-0.15, -0.1) is 0 Å². The van der Waals surface area contributed by atoms with Crippen molar-refractivity contribution < 1.29 is 19.7 Å². The molecule has 3 rings (SSSR count). The summed E-state index contributed by atoms with van der Waals surface area (Å²) in [6.07, 6.45) is 0.783. The predicted octanol–water partition coefficient (Wildman–Crippen LogP) is 3.18. The lowest BCUT2D eigenvalue weighted by atomic mass is 9.95. The Labute approximate surface area is 140 Å². The van der Waals surface area contributed by atoms with Gasteiger partial charge in [0.25, 0.3) is 0 Å². The Morgan fingerprint density at radius 1 is 0.958 bits per heavy atom. The van der Waals surface area contributed by atoms with Gasteiger partial charge in [-0.05, 0) is 59.9 Å². The Morgan fingerprint density at radius 3 is 2.42 bits per heavy atom. The van der Waals surface area contributed by atoms with Gasteiger partial charge in [0, 0.05) is 5.39 Å². The Morgan fingerprint density at radius 2 is 1.75 bits per heavy atom. The van der Waals surface area contributed by atoms with E-state index in [0.717, 1.165) is 40.1 Å². The van der Waals surface area contributed by atoms with Crippen LogP contribution in [0.4, 0.5) is 0 Å². The van der Waals surface area contributed by atoms with Gasteiger partial charge >= 0.3 is 0 Å². The van der Waals surface area contributed by atoms with Gasteiger partial charge in [-0.1, -0.05) is 12.1 Å². The summed E-state index contributed by atoms with van der Waals surface area (Å²) in [4.78, 5) is 0. The molecular weight excluding hydrogens is 306 g/mol. The maximum absolute atomic E-state index is 10.4. The molecule has 0 aliphatic carbocycles. The molecule has 0 amide bonds. The number of benzene rings is 3. The lowest BCUT2D eigenvalue weighted by molar-refractivity contribution is 0.374. The molecule has 3 N–H and O–H groups in total. The van der Waals surface area contributed by atoms with Crippen molar-refractivity contribution in [2.75, 3.05) is 27.8 Å². The van der Waals surface area contributed by atoms with Crippen LogP contribution in [-0.2, 0) is 6.42 Å². The Hall–Kier alpha value is -2.66. The van der Waals surface area contributed by atoms with Crippen LogP contribution in [0.2, 0.25) is 0 Å². The summed E-state index contributed by atoms with van der Waals surface area (Å²) in [5.74, 6) is 1.00. The average molecular weight is 327 g/mol. The van der Waals surface area contributed by atoms with E-state index in [1.165, 1.54) is 14.2 Å². The molecule has 126 valence electrons. The first-order chi connectivity index (χ1) is 11.6. The molecule has 0 aromatic heterocycles. The Balaban J connectivity index is 2.42. The molecule has 5 heteroatoms. The molecule has 0 heterocycles. The van der Waals surface area contributed by atoms with E-state index in [9.17, 15) is 10.2 Å². The largest absolute Gasteiger partial charge is 0.504 e. The van der Waals surface area contributed by atoms with Crippen LogP contribution in [0, 0.1) is 0 Å². The highest BCUT2D eigenvalue weighted by Crippen LogP contribution is 2.43. The molecule has 0 aliphatic heterocycles. The molecule has 0 spiro atoms. The minimum absolute atomic E-state index is 0.0823. The minimum atomic E-state index is 0.0823. The van der Waals surface area contributed by atoms with Crippen molar-refractivity contribution in [3.63, 3.8) is 0 Å². The van der Waals surface area contributed by atoms with Crippen molar-refractivity contribution in [3.05, 3.63) is 35.9 Å². The molecular formula is C19H21NO4. The van der Waals surface area contributed by atoms with Crippen LogP contribution in [0.5, 0.6) is 23.0 Å². The quantitative estimate of drug-likeness (QED) is 0.628. The molecule has 0 saturated heterocycles. The van der Waals surface area contributed by atoms with Crippen LogP contribution in [0.3, 0.4) is 0 Å². The molecule has 3 aromatic rings. The average Bonchev–Trinajstić information content (AvgIpc) is 2.58. The fraction of sp³-hybridized carbons (Fsp3) is 0.263. The number of phenols is 2. The van der Waals surface area contributed by atoms with Gasteiger partial charge in [0.15, 0.2) is 23.0 Å². The van der Waals surface area contributed by atoms with Crippen LogP contribution in [0.1, 0.15) is 5.56 Å². The smallest absolute Gasteiger partial charge is 0.168 e. The summed E-state index contributed by atoms with van der Waals surface area (Å²) in [6.45, 7) is 0.803. The molecule has 5 nitrogen and oxygen atoms in total. The predicted molar refractivity (Wildman–Crippen MR) is 95.5 cm³/mol. The molecule has 24 heavy (non-hydrogen) atoms. The number of fused-ring (bicyclic) bond motifs is 3. The van der Waals surface area contributed by atoms with Gasteiger partial charge in [0.05, 0.1) is 14.2 Å². The lowest BCUT2D eigenvalue weighted by Crippen LogP contribution is -2.10. The van der Waals surface area contributed by atoms with Gasteiger partial charge < -0.3 is 25.0 Å². The normalized spacial score (nSPS) is 11.1. The van der Waals surface area contributed by atoms with Crippen LogP contribution in [-0.4, -0.2) is 38.0 Å². The van der Waals surface area contributed by atoms with Crippen molar-refractivity contribution >= 4 is 21.5 Å². The molecule has 0 unspecified atom stereocenters. The SMILES string of the molecule is CNCCc1cc(O)c(OC)c2c1ccc1cc(O)c(OC)cc12. The second-order valence-corrected chi connectivity index (χ2v) is 5.67. The molecule has 0 aliphatic rings. The molecule has 0 fully saturated rings. The molecule has 0 saturated carbocycles. The molecule has 0 atom stereocenters. The number of phenolic OH excluding ortho intramolecular Hbond substituents is 2. The van der Waals surface area contributed by atoms with Crippen molar-refractivity contribution in [3.8, 4) is 23.0 Å². The summed E-state index contributed by atoms with van der Waals surface area (Å²) in [5.41, 5.74) is 1.03. The third kappa shape index (κ3) is 2.57. The van der Waals surface area contributed by atoms with E-state index in [4.69, 9.17) is 9.47 Å². The zero-order valence-electron chi connectivity index (χ0n) is 14.0. The third-order valence-corrected chi connectivity index (χ3v) is 4.28. The van der Waals surface area contributed by atoms with Crippen LogP contribution >= 0.6 is 0 Å². The van der Waals surface area contributed by atoms with Crippen molar-refractivity contribution in [1.82, 2.24) is 5.32 Å². The fourth-order valence-corrected chi connectivity index (χ4v) is 3.13. The minimum Gasteiger partial charge on any atom is -0.504 e. The topological polar surface area (TPSA) is 71.0 Å². The Kier molecular flexibility index (Phi) is 4.36. The highest BCUT2D eigenvalue weighted by Gasteiger charge is 2.16. The van der Waals surface area contributed by atoms with Crippen molar-refractivity contribution in [2.24, 2.45) is 0 Å². The maximum atomic E-state index is 10.4. The third-order valence-electron chi connectivity index (χ3n) is 4.28. The van der Waals surface area contributed by atoms with E-state index in [1.807, 2.05) is 19.2 Å². The van der Waals surface area contributed by atoms with Crippen LogP contribution in [0.25, 0.3) is 21.5 Å². The number of hydrogen-bond acceptors (Lipinski definition) is 5. The van der Waals surface area contributed by atoms with E-state index in [2.05, 4.69) is 5.32 Å². The first-order valence-electron chi connectivity index (χ1n) is 7.77. The molecule has 3 aromatic carbocycles. The van der Waals surface area contributed by atoms with Gasteiger partial charge in [0.2, 0.25) is 0 Å². The number of likely N-dealkylation sites (N-methyl/N-ethyl adjacent to an activating group) is 1. The highest BCUT2D eigenvalue weighted by molar-refractivity contribution is 6.13. The van der Waals surface area contributed by atoms with E-state index < -0.39 is 0 Å². The van der Waals surface area contributed by atoms with Gasteiger partial charge in [-0.2, -0.15) is 0 Å². The van der Waals surface area contributed by atoms with E-state index in [-0.39, 0.29) is 11.5 Å². The molecule has 0 bridgehead atoms. The summed E-state index contributed by atoms with van der Waals surface area (Å²) >= 11 is 0.